The molecule has 0 aliphatic heterocycles. The number of carbonyl (C=O) groups is 1. The van der Waals surface area contributed by atoms with Gasteiger partial charge in [-0.05, 0) is 59.2 Å². The molecule has 5 nitrogen and oxygen atoms in total. The molecule has 1 amide bonds. The number of aromatic nitrogens is 1. The Morgan fingerprint density at radius 3 is 2.42 bits per heavy atom. The number of amides is 1. The largest absolute Gasteiger partial charge is 0.497 e. The van der Waals surface area contributed by atoms with Gasteiger partial charge >= 0.3 is 0 Å². The van der Waals surface area contributed by atoms with Gasteiger partial charge in [-0.2, -0.15) is 0 Å². The molecule has 0 unspecified atom stereocenters. The van der Waals surface area contributed by atoms with Crippen LogP contribution in [0.1, 0.15) is 15.9 Å². The molecule has 0 atom stereocenters. The smallest absolute Gasteiger partial charge is 0.251 e. The Balaban J connectivity index is 1.38. The number of benzene rings is 3. The first-order valence-electron chi connectivity index (χ1n) is 9.92. The molecule has 154 valence electrons. The normalized spacial score (nSPS) is 10.4. The first kappa shape index (κ1) is 20.2. The van der Waals surface area contributed by atoms with Crippen molar-refractivity contribution in [2.75, 3.05) is 7.11 Å². The van der Waals surface area contributed by atoms with Gasteiger partial charge in [-0.3, -0.25) is 4.79 Å². The minimum absolute atomic E-state index is 0.131. The van der Waals surface area contributed by atoms with E-state index >= 15 is 0 Å². The summed E-state index contributed by atoms with van der Waals surface area (Å²) in [7, 11) is 1.65. The van der Waals surface area contributed by atoms with Crippen molar-refractivity contribution in [3.63, 3.8) is 0 Å². The zero-order chi connectivity index (χ0) is 21.5. The molecule has 4 rings (SSSR count). The fourth-order valence-corrected chi connectivity index (χ4v) is 3.15. The van der Waals surface area contributed by atoms with Crippen molar-refractivity contribution in [2.45, 2.75) is 6.54 Å². The molecule has 1 N–H and O–H groups in total. The molecule has 0 spiro atoms. The number of carbonyl (C=O) groups excluding carboxylic acids is 1. The highest BCUT2D eigenvalue weighted by molar-refractivity contribution is 5.94. The van der Waals surface area contributed by atoms with E-state index in [4.69, 9.17) is 9.47 Å². The Labute approximate surface area is 181 Å². The summed E-state index contributed by atoms with van der Waals surface area (Å²) in [6.07, 6.45) is 1.68. The fraction of sp³-hybridized carbons (Fsp3) is 0.0769. The molecule has 0 aliphatic carbocycles. The molecule has 1 heterocycles. The van der Waals surface area contributed by atoms with Crippen LogP contribution in [-0.2, 0) is 6.54 Å². The van der Waals surface area contributed by atoms with E-state index in [0.29, 0.717) is 23.7 Å². The Kier molecular flexibility index (Phi) is 6.24. The molecule has 0 radical (unpaired) electrons. The summed E-state index contributed by atoms with van der Waals surface area (Å²) in [5, 5.41) is 2.95. The van der Waals surface area contributed by atoms with E-state index in [0.717, 1.165) is 22.4 Å². The number of pyridine rings is 1. The van der Waals surface area contributed by atoms with E-state index in [1.165, 1.54) is 0 Å². The number of nitrogens with zero attached hydrogens (tertiary/aromatic N) is 1. The predicted octanol–water partition coefficient (Wildman–Crippen LogP) is 5.48. The first-order valence-corrected chi connectivity index (χ1v) is 9.92. The van der Waals surface area contributed by atoms with Crippen LogP contribution >= 0.6 is 0 Å². The molecule has 3 aromatic carbocycles. The number of nitrogens with one attached hydrogen (secondary N) is 1. The third-order valence-electron chi connectivity index (χ3n) is 4.76. The monoisotopic (exact) mass is 410 g/mol. The van der Waals surface area contributed by atoms with Crippen LogP contribution in [0.3, 0.4) is 0 Å². The zero-order valence-electron chi connectivity index (χ0n) is 17.1. The van der Waals surface area contributed by atoms with Crippen molar-refractivity contribution in [1.82, 2.24) is 10.3 Å². The van der Waals surface area contributed by atoms with Gasteiger partial charge in [0.15, 0.2) is 0 Å². The minimum Gasteiger partial charge on any atom is -0.497 e. The van der Waals surface area contributed by atoms with Gasteiger partial charge < -0.3 is 14.8 Å². The second kappa shape index (κ2) is 9.59. The lowest BCUT2D eigenvalue weighted by atomic mass is 10.0. The quantitative estimate of drug-likeness (QED) is 0.438. The molecule has 1 aromatic heterocycles. The SMILES string of the molecule is COc1cccc(-c2ccc(C(=O)NCc3cccc(Oc4ccccn4)c3)cc2)c1. The van der Waals surface area contributed by atoms with E-state index in [2.05, 4.69) is 10.3 Å². The Hall–Kier alpha value is -4.12. The van der Waals surface area contributed by atoms with Gasteiger partial charge in [0.2, 0.25) is 5.88 Å². The molecule has 31 heavy (non-hydrogen) atoms. The number of ether oxygens (including phenoxy) is 2. The molecule has 0 saturated carbocycles. The number of hydrogen-bond acceptors (Lipinski definition) is 4. The second-order valence-electron chi connectivity index (χ2n) is 6.91. The van der Waals surface area contributed by atoms with Crippen LogP contribution in [0, 0.1) is 0 Å². The fourth-order valence-electron chi connectivity index (χ4n) is 3.15. The van der Waals surface area contributed by atoms with Gasteiger partial charge in [0.25, 0.3) is 5.91 Å². The van der Waals surface area contributed by atoms with Crippen molar-refractivity contribution < 1.29 is 14.3 Å². The maximum Gasteiger partial charge on any atom is 0.251 e. The highest BCUT2D eigenvalue weighted by atomic mass is 16.5. The molecular weight excluding hydrogens is 388 g/mol. The van der Waals surface area contributed by atoms with Crippen LogP contribution in [-0.4, -0.2) is 18.0 Å². The summed E-state index contributed by atoms with van der Waals surface area (Å²) in [6.45, 7) is 0.399. The van der Waals surface area contributed by atoms with Crippen LogP contribution in [0.5, 0.6) is 17.4 Å². The van der Waals surface area contributed by atoms with Crippen LogP contribution in [0.15, 0.2) is 97.2 Å². The van der Waals surface area contributed by atoms with Crippen molar-refractivity contribution in [1.29, 1.82) is 0 Å². The van der Waals surface area contributed by atoms with Gasteiger partial charge in [-0.25, -0.2) is 4.98 Å². The van der Waals surface area contributed by atoms with Gasteiger partial charge in [0.1, 0.15) is 11.5 Å². The average Bonchev–Trinajstić information content (AvgIpc) is 2.83. The molecule has 5 heteroatoms. The van der Waals surface area contributed by atoms with E-state index in [-0.39, 0.29) is 5.91 Å². The Bertz CT molecular complexity index is 1160. The highest BCUT2D eigenvalue weighted by Gasteiger charge is 2.07. The highest BCUT2D eigenvalue weighted by Crippen LogP contribution is 2.24. The lowest BCUT2D eigenvalue weighted by Crippen LogP contribution is -2.22. The summed E-state index contributed by atoms with van der Waals surface area (Å²) in [5.41, 5.74) is 3.60. The maximum atomic E-state index is 12.6. The van der Waals surface area contributed by atoms with Crippen LogP contribution in [0.25, 0.3) is 11.1 Å². The number of hydrogen-bond donors (Lipinski definition) is 1. The molecule has 0 aliphatic rings. The third-order valence-corrected chi connectivity index (χ3v) is 4.76. The molecular formula is C26H22N2O3. The minimum atomic E-state index is -0.131. The topological polar surface area (TPSA) is 60.5 Å². The Morgan fingerprint density at radius 2 is 1.65 bits per heavy atom. The molecule has 4 aromatic rings. The molecule has 0 bridgehead atoms. The summed E-state index contributed by atoms with van der Waals surface area (Å²) in [5.74, 6) is 1.87. The lowest BCUT2D eigenvalue weighted by molar-refractivity contribution is 0.0951. The number of rotatable bonds is 7. The second-order valence-corrected chi connectivity index (χ2v) is 6.91. The van der Waals surface area contributed by atoms with Crippen molar-refractivity contribution in [3.05, 3.63) is 108 Å². The predicted molar refractivity (Wildman–Crippen MR) is 120 cm³/mol. The van der Waals surface area contributed by atoms with Crippen LogP contribution in [0.4, 0.5) is 0 Å². The van der Waals surface area contributed by atoms with Gasteiger partial charge in [0.05, 0.1) is 7.11 Å². The van der Waals surface area contributed by atoms with E-state index in [1.807, 2.05) is 84.9 Å². The lowest BCUT2D eigenvalue weighted by Gasteiger charge is -2.09. The molecule has 0 saturated heterocycles. The average molecular weight is 410 g/mol. The summed E-state index contributed by atoms with van der Waals surface area (Å²) in [4.78, 5) is 16.7. The summed E-state index contributed by atoms with van der Waals surface area (Å²) < 4.78 is 11.0. The van der Waals surface area contributed by atoms with Gasteiger partial charge in [0, 0.05) is 24.4 Å². The van der Waals surface area contributed by atoms with E-state index < -0.39 is 0 Å². The van der Waals surface area contributed by atoms with Gasteiger partial charge in [-0.15, -0.1) is 0 Å². The van der Waals surface area contributed by atoms with Gasteiger partial charge in [-0.1, -0.05) is 42.5 Å². The summed E-state index contributed by atoms with van der Waals surface area (Å²) in [6, 6.07) is 28.4. The zero-order valence-corrected chi connectivity index (χ0v) is 17.1. The standard InChI is InChI=1S/C26H22N2O3/c1-30-23-8-5-7-22(17-23)20-11-13-21(14-12-20)26(29)28-18-19-6-4-9-24(16-19)31-25-10-2-3-15-27-25/h2-17H,18H2,1H3,(H,28,29). The Morgan fingerprint density at radius 1 is 0.839 bits per heavy atom. The van der Waals surface area contributed by atoms with Crippen molar-refractivity contribution in [3.8, 4) is 28.5 Å². The van der Waals surface area contributed by atoms with Crippen LogP contribution in [0.2, 0.25) is 0 Å². The van der Waals surface area contributed by atoms with E-state index in [1.54, 1.807) is 19.4 Å². The first-order chi connectivity index (χ1) is 15.2. The van der Waals surface area contributed by atoms with E-state index in [9.17, 15) is 4.79 Å². The third kappa shape index (κ3) is 5.28. The van der Waals surface area contributed by atoms with Crippen molar-refractivity contribution in [2.24, 2.45) is 0 Å². The number of methoxy groups -OCH3 is 1. The molecule has 0 fully saturated rings. The van der Waals surface area contributed by atoms with Crippen molar-refractivity contribution >= 4 is 5.91 Å². The summed E-state index contributed by atoms with van der Waals surface area (Å²) >= 11 is 0. The maximum absolute atomic E-state index is 12.6. The van der Waals surface area contributed by atoms with Crippen LogP contribution < -0.4 is 14.8 Å².